The van der Waals surface area contributed by atoms with Crippen LogP contribution in [-0.4, -0.2) is 34.3 Å². The third kappa shape index (κ3) is 6.84. The van der Waals surface area contributed by atoms with Crippen LogP contribution in [0.5, 0.6) is 0 Å². The Hall–Kier alpha value is -3.49. The average Bonchev–Trinajstić information content (AvgIpc) is 2.77. The number of nitrogen functional groups attached to an aromatic ring is 1. The standard InChI is InChI=1S/C22H25N5O3/c23-21-9-6-17(13-26-21)20(28)14-24-12-10-16-4-7-18(8-5-16)27-22(29)30-15-19-3-1-2-11-25-19/h1-9,11,13,20,24,28H,10,12,14-15H2,(H2,23,26)(H,27,29). The van der Waals surface area contributed by atoms with Gasteiger partial charge in [0, 0.05) is 30.2 Å². The van der Waals surface area contributed by atoms with E-state index in [9.17, 15) is 9.90 Å². The average molecular weight is 407 g/mol. The summed E-state index contributed by atoms with van der Waals surface area (Å²) in [6, 6.07) is 16.4. The van der Waals surface area contributed by atoms with Gasteiger partial charge in [0.25, 0.3) is 0 Å². The lowest BCUT2D eigenvalue weighted by Gasteiger charge is -2.12. The van der Waals surface area contributed by atoms with Crippen molar-refractivity contribution in [2.75, 3.05) is 24.1 Å². The van der Waals surface area contributed by atoms with Crippen molar-refractivity contribution >= 4 is 17.6 Å². The molecule has 0 spiro atoms. The van der Waals surface area contributed by atoms with Gasteiger partial charge in [-0.15, -0.1) is 0 Å². The van der Waals surface area contributed by atoms with E-state index >= 15 is 0 Å². The van der Waals surface area contributed by atoms with Crippen molar-refractivity contribution in [3.63, 3.8) is 0 Å². The molecule has 1 amide bonds. The first kappa shape index (κ1) is 21.2. The van der Waals surface area contributed by atoms with Crippen molar-refractivity contribution in [2.45, 2.75) is 19.1 Å². The zero-order valence-electron chi connectivity index (χ0n) is 16.5. The number of hydrogen-bond acceptors (Lipinski definition) is 7. The topological polar surface area (TPSA) is 122 Å². The van der Waals surface area contributed by atoms with Gasteiger partial charge in [-0.05, 0) is 48.9 Å². The van der Waals surface area contributed by atoms with Crippen LogP contribution in [0.25, 0.3) is 0 Å². The number of amides is 1. The Morgan fingerprint density at radius 2 is 1.93 bits per heavy atom. The highest BCUT2D eigenvalue weighted by Gasteiger charge is 2.07. The van der Waals surface area contributed by atoms with Gasteiger partial charge in [0.05, 0.1) is 11.8 Å². The van der Waals surface area contributed by atoms with Crippen LogP contribution < -0.4 is 16.4 Å². The molecule has 3 rings (SSSR count). The Morgan fingerprint density at radius 3 is 2.63 bits per heavy atom. The minimum atomic E-state index is -0.637. The normalized spacial score (nSPS) is 11.6. The fourth-order valence-electron chi connectivity index (χ4n) is 2.73. The number of rotatable bonds is 9. The second-order valence-electron chi connectivity index (χ2n) is 6.71. The number of carbonyl (C=O) groups is 1. The highest BCUT2D eigenvalue weighted by molar-refractivity contribution is 5.84. The van der Waals surface area contributed by atoms with Gasteiger partial charge in [-0.2, -0.15) is 0 Å². The van der Waals surface area contributed by atoms with Gasteiger partial charge < -0.3 is 20.9 Å². The summed E-state index contributed by atoms with van der Waals surface area (Å²) in [5.41, 5.74) is 8.73. The van der Waals surface area contributed by atoms with Gasteiger partial charge >= 0.3 is 6.09 Å². The number of aliphatic hydroxyl groups is 1. The van der Waals surface area contributed by atoms with Crippen molar-refractivity contribution in [1.29, 1.82) is 0 Å². The molecule has 156 valence electrons. The monoisotopic (exact) mass is 407 g/mol. The molecule has 8 nitrogen and oxygen atoms in total. The number of carbonyl (C=O) groups excluding carboxylic acids is 1. The second-order valence-corrected chi connectivity index (χ2v) is 6.71. The first-order valence-corrected chi connectivity index (χ1v) is 9.63. The van der Waals surface area contributed by atoms with E-state index in [1.54, 1.807) is 36.7 Å². The molecule has 0 aliphatic rings. The fraction of sp³-hybridized carbons (Fsp3) is 0.227. The molecule has 1 atom stereocenters. The van der Waals surface area contributed by atoms with Gasteiger partial charge in [-0.25, -0.2) is 9.78 Å². The summed E-state index contributed by atoms with van der Waals surface area (Å²) < 4.78 is 5.15. The number of aliphatic hydroxyl groups excluding tert-OH is 1. The maximum atomic E-state index is 11.9. The Bertz CT molecular complexity index is 918. The molecule has 0 saturated carbocycles. The summed E-state index contributed by atoms with van der Waals surface area (Å²) in [6.07, 6.45) is 2.86. The zero-order valence-corrected chi connectivity index (χ0v) is 16.5. The van der Waals surface area contributed by atoms with Gasteiger partial charge in [0.15, 0.2) is 0 Å². The lowest BCUT2D eigenvalue weighted by Crippen LogP contribution is -2.23. The SMILES string of the molecule is Nc1ccc(C(O)CNCCc2ccc(NC(=O)OCc3ccccn3)cc2)cn1. The molecular weight excluding hydrogens is 382 g/mol. The first-order valence-electron chi connectivity index (χ1n) is 9.63. The predicted octanol–water partition coefficient (Wildman–Crippen LogP) is 2.67. The molecule has 2 aromatic heterocycles. The number of nitrogens with two attached hydrogens (primary N) is 1. The number of ether oxygens (including phenoxy) is 1. The van der Waals surface area contributed by atoms with Crippen molar-refractivity contribution in [3.8, 4) is 0 Å². The molecule has 0 aliphatic heterocycles. The molecular formula is C22H25N5O3. The number of aromatic nitrogens is 2. The van der Waals surface area contributed by atoms with Crippen LogP contribution in [0.2, 0.25) is 0 Å². The van der Waals surface area contributed by atoms with Gasteiger partial charge in [-0.1, -0.05) is 24.3 Å². The Labute approximate surface area is 175 Å². The number of hydrogen-bond donors (Lipinski definition) is 4. The predicted molar refractivity (Wildman–Crippen MR) is 115 cm³/mol. The van der Waals surface area contributed by atoms with E-state index in [-0.39, 0.29) is 6.61 Å². The Balaban J connectivity index is 1.35. The minimum absolute atomic E-state index is 0.120. The molecule has 0 bridgehead atoms. The number of nitrogens with zero attached hydrogens (tertiary/aromatic N) is 2. The minimum Gasteiger partial charge on any atom is -0.443 e. The molecule has 2 heterocycles. The maximum absolute atomic E-state index is 11.9. The van der Waals surface area contributed by atoms with Crippen molar-refractivity contribution in [1.82, 2.24) is 15.3 Å². The van der Waals surface area contributed by atoms with Crippen LogP contribution in [-0.2, 0) is 17.8 Å². The highest BCUT2D eigenvalue weighted by Crippen LogP contribution is 2.13. The largest absolute Gasteiger partial charge is 0.443 e. The van der Waals surface area contributed by atoms with Crippen molar-refractivity contribution in [3.05, 3.63) is 83.8 Å². The molecule has 0 fully saturated rings. The summed E-state index contributed by atoms with van der Waals surface area (Å²) in [4.78, 5) is 20.0. The number of anilines is 2. The van der Waals surface area contributed by atoms with Crippen LogP contribution in [0.4, 0.5) is 16.3 Å². The molecule has 0 saturated heterocycles. The van der Waals surface area contributed by atoms with Gasteiger partial charge in [0.1, 0.15) is 12.4 Å². The molecule has 30 heavy (non-hydrogen) atoms. The maximum Gasteiger partial charge on any atom is 0.412 e. The molecule has 8 heteroatoms. The van der Waals surface area contributed by atoms with E-state index in [0.717, 1.165) is 17.5 Å². The molecule has 5 N–H and O–H groups in total. The summed E-state index contributed by atoms with van der Waals surface area (Å²) in [6.45, 7) is 1.25. The van der Waals surface area contributed by atoms with E-state index in [2.05, 4.69) is 20.6 Å². The molecule has 0 radical (unpaired) electrons. The summed E-state index contributed by atoms with van der Waals surface area (Å²) in [5, 5.41) is 16.1. The summed E-state index contributed by atoms with van der Waals surface area (Å²) in [7, 11) is 0. The van der Waals surface area contributed by atoms with Crippen LogP contribution in [0.1, 0.15) is 22.9 Å². The lowest BCUT2D eigenvalue weighted by molar-refractivity contribution is 0.153. The second kappa shape index (κ2) is 10.9. The van der Waals surface area contributed by atoms with Gasteiger partial charge in [-0.3, -0.25) is 10.3 Å². The van der Waals surface area contributed by atoms with E-state index in [1.807, 2.05) is 30.3 Å². The number of benzene rings is 1. The fourth-order valence-corrected chi connectivity index (χ4v) is 2.73. The number of pyridine rings is 2. The zero-order chi connectivity index (χ0) is 21.2. The van der Waals surface area contributed by atoms with E-state index in [1.165, 1.54) is 0 Å². The van der Waals surface area contributed by atoms with E-state index in [0.29, 0.717) is 30.3 Å². The first-order chi connectivity index (χ1) is 14.6. The van der Waals surface area contributed by atoms with Crippen LogP contribution in [0.15, 0.2) is 67.0 Å². The molecule has 1 aromatic carbocycles. The van der Waals surface area contributed by atoms with Crippen molar-refractivity contribution < 1.29 is 14.6 Å². The van der Waals surface area contributed by atoms with Crippen LogP contribution in [0.3, 0.4) is 0 Å². The van der Waals surface area contributed by atoms with Crippen LogP contribution in [0, 0.1) is 0 Å². The quantitative estimate of drug-likeness (QED) is 0.402. The summed E-state index contributed by atoms with van der Waals surface area (Å²) in [5.74, 6) is 0.429. The van der Waals surface area contributed by atoms with E-state index < -0.39 is 12.2 Å². The molecule has 0 aliphatic carbocycles. The van der Waals surface area contributed by atoms with E-state index in [4.69, 9.17) is 10.5 Å². The van der Waals surface area contributed by atoms with Crippen molar-refractivity contribution in [2.24, 2.45) is 0 Å². The van der Waals surface area contributed by atoms with Gasteiger partial charge in [0.2, 0.25) is 0 Å². The highest BCUT2D eigenvalue weighted by atomic mass is 16.5. The third-order valence-electron chi connectivity index (χ3n) is 4.40. The van der Waals surface area contributed by atoms with Crippen LogP contribution >= 0.6 is 0 Å². The smallest absolute Gasteiger partial charge is 0.412 e. The Morgan fingerprint density at radius 1 is 1.10 bits per heavy atom. The summed E-state index contributed by atoms with van der Waals surface area (Å²) >= 11 is 0. The molecule has 3 aromatic rings. The lowest BCUT2D eigenvalue weighted by atomic mass is 10.1. The third-order valence-corrected chi connectivity index (χ3v) is 4.40. The Kier molecular flexibility index (Phi) is 7.71. The number of nitrogens with one attached hydrogen (secondary N) is 2. The molecule has 1 unspecified atom stereocenters.